The van der Waals surface area contributed by atoms with E-state index >= 15 is 0 Å². The van der Waals surface area contributed by atoms with E-state index in [9.17, 15) is 4.79 Å². The molecule has 0 radical (unpaired) electrons. The molecule has 0 fully saturated rings. The van der Waals surface area contributed by atoms with Crippen LogP contribution in [-0.2, 0) is 11.2 Å². The number of aromatic nitrogens is 2. The summed E-state index contributed by atoms with van der Waals surface area (Å²) in [7, 11) is 0. The molecule has 2 rings (SSSR count). The molecule has 5 heteroatoms. The minimum Gasteiger partial charge on any atom is -0.483 e. The van der Waals surface area contributed by atoms with E-state index < -0.39 is 0 Å². The van der Waals surface area contributed by atoms with Crippen LogP contribution in [0.25, 0.3) is 0 Å². The average molecular weight is 273 g/mol. The number of carbonyl (C=O) groups excluding carboxylic acids is 1. The predicted octanol–water partition coefficient (Wildman–Crippen LogP) is 1.76. The number of imidazole rings is 1. The van der Waals surface area contributed by atoms with Gasteiger partial charge >= 0.3 is 0 Å². The first kappa shape index (κ1) is 14.1. The third-order valence-corrected chi connectivity index (χ3v) is 2.94. The zero-order chi connectivity index (χ0) is 14.4. The molecule has 0 spiro atoms. The molecule has 2 N–H and O–H groups in total. The van der Waals surface area contributed by atoms with Gasteiger partial charge in [0.05, 0.1) is 0 Å². The Morgan fingerprint density at radius 3 is 3.00 bits per heavy atom. The van der Waals surface area contributed by atoms with Crippen molar-refractivity contribution in [1.29, 1.82) is 0 Å². The van der Waals surface area contributed by atoms with Crippen LogP contribution in [0.1, 0.15) is 17.0 Å². The van der Waals surface area contributed by atoms with Gasteiger partial charge in [-0.15, -0.1) is 0 Å². The average Bonchev–Trinajstić information content (AvgIpc) is 2.93. The van der Waals surface area contributed by atoms with E-state index in [0.29, 0.717) is 13.0 Å². The summed E-state index contributed by atoms with van der Waals surface area (Å²) in [5.74, 6) is 1.49. The van der Waals surface area contributed by atoms with Crippen molar-refractivity contribution in [3.63, 3.8) is 0 Å². The molecule has 1 aromatic heterocycles. The molecule has 1 amide bonds. The Bertz CT molecular complexity index is 565. The van der Waals surface area contributed by atoms with Crippen molar-refractivity contribution in [1.82, 2.24) is 15.3 Å². The lowest BCUT2D eigenvalue weighted by Gasteiger charge is -2.10. The summed E-state index contributed by atoms with van der Waals surface area (Å²) < 4.78 is 5.53. The normalized spacial score (nSPS) is 10.3. The topological polar surface area (TPSA) is 67.0 Å². The van der Waals surface area contributed by atoms with Gasteiger partial charge in [-0.3, -0.25) is 4.79 Å². The number of nitrogens with one attached hydrogen (secondary N) is 2. The van der Waals surface area contributed by atoms with Crippen molar-refractivity contribution < 1.29 is 9.53 Å². The predicted molar refractivity (Wildman–Crippen MR) is 76.7 cm³/mol. The van der Waals surface area contributed by atoms with E-state index in [0.717, 1.165) is 22.7 Å². The van der Waals surface area contributed by atoms with Gasteiger partial charge in [-0.2, -0.15) is 0 Å². The Kier molecular flexibility index (Phi) is 4.76. The van der Waals surface area contributed by atoms with Crippen molar-refractivity contribution in [2.75, 3.05) is 13.2 Å². The molecule has 106 valence electrons. The van der Waals surface area contributed by atoms with Gasteiger partial charge in [0, 0.05) is 25.4 Å². The molecule has 0 bridgehead atoms. The van der Waals surface area contributed by atoms with Crippen LogP contribution < -0.4 is 10.1 Å². The van der Waals surface area contributed by atoms with Gasteiger partial charge in [-0.05, 0) is 31.0 Å². The van der Waals surface area contributed by atoms with Gasteiger partial charge < -0.3 is 15.0 Å². The van der Waals surface area contributed by atoms with Gasteiger partial charge in [0.2, 0.25) is 0 Å². The molecular weight excluding hydrogens is 254 g/mol. The number of ether oxygens (including phenoxy) is 1. The van der Waals surface area contributed by atoms with E-state index in [1.807, 2.05) is 32.0 Å². The number of nitrogens with zero attached hydrogens (tertiary/aromatic N) is 1. The number of hydrogen-bond donors (Lipinski definition) is 2. The van der Waals surface area contributed by atoms with Crippen LogP contribution in [0, 0.1) is 13.8 Å². The third-order valence-electron chi connectivity index (χ3n) is 2.94. The summed E-state index contributed by atoms with van der Waals surface area (Å²) in [6, 6.07) is 5.94. The Morgan fingerprint density at radius 1 is 1.40 bits per heavy atom. The molecule has 0 saturated carbocycles. The Labute approximate surface area is 118 Å². The minimum absolute atomic E-state index is 0.0302. The second kappa shape index (κ2) is 6.75. The molecule has 5 nitrogen and oxygen atoms in total. The van der Waals surface area contributed by atoms with Crippen molar-refractivity contribution >= 4 is 5.91 Å². The Morgan fingerprint density at radius 2 is 2.25 bits per heavy atom. The maximum absolute atomic E-state index is 11.7. The van der Waals surface area contributed by atoms with Crippen LogP contribution >= 0.6 is 0 Å². The summed E-state index contributed by atoms with van der Waals surface area (Å²) in [5, 5.41) is 2.80. The fourth-order valence-corrected chi connectivity index (χ4v) is 1.81. The smallest absolute Gasteiger partial charge is 0.257 e. The fraction of sp³-hybridized carbons (Fsp3) is 0.333. The first-order valence-electron chi connectivity index (χ1n) is 6.60. The lowest BCUT2D eigenvalue weighted by atomic mass is 10.1. The summed E-state index contributed by atoms with van der Waals surface area (Å²) >= 11 is 0. The molecule has 0 aliphatic heterocycles. The van der Waals surface area contributed by atoms with E-state index in [2.05, 4.69) is 15.3 Å². The largest absolute Gasteiger partial charge is 0.483 e. The van der Waals surface area contributed by atoms with E-state index in [1.54, 1.807) is 12.4 Å². The summed E-state index contributed by atoms with van der Waals surface area (Å²) in [4.78, 5) is 18.8. The van der Waals surface area contributed by atoms with Crippen LogP contribution in [0.3, 0.4) is 0 Å². The van der Waals surface area contributed by atoms with Gasteiger partial charge in [-0.1, -0.05) is 12.1 Å². The number of carbonyl (C=O) groups is 1. The summed E-state index contributed by atoms with van der Waals surface area (Å²) in [5.41, 5.74) is 2.14. The molecule has 20 heavy (non-hydrogen) atoms. The maximum Gasteiger partial charge on any atom is 0.257 e. The van der Waals surface area contributed by atoms with Crippen molar-refractivity contribution in [2.24, 2.45) is 0 Å². The number of aromatic amines is 1. The summed E-state index contributed by atoms with van der Waals surface area (Å²) in [6.45, 7) is 4.53. The first-order chi connectivity index (χ1) is 9.65. The zero-order valence-corrected chi connectivity index (χ0v) is 11.8. The number of hydrogen-bond acceptors (Lipinski definition) is 3. The minimum atomic E-state index is -0.127. The third kappa shape index (κ3) is 4.12. The van der Waals surface area contributed by atoms with Crippen molar-refractivity contribution in [2.45, 2.75) is 20.3 Å². The molecular formula is C15H19N3O2. The van der Waals surface area contributed by atoms with Crippen LogP contribution in [0.5, 0.6) is 5.75 Å². The number of rotatable bonds is 6. The van der Waals surface area contributed by atoms with Gasteiger partial charge in [0.15, 0.2) is 6.61 Å². The monoisotopic (exact) mass is 273 g/mol. The van der Waals surface area contributed by atoms with E-state index in [-0.39, 0.29) is 12.5 Å². The number of amides is 1. The highest BCUT2D eigenvalue weighted by atomic mass is 16.5. The number of benzene rings is 1. The van der Waals surface area contributed by atoms with E-state index in [4.69, 9.17) is 4.74 Å². The zero-order valence-electron chi connectivity index (χ0n) is 11.8. The Balaban J connectivity index is 1.73. The van der Waals surface area contributed by atoms with Crippen LogP contribution in [0.4, 0.5) is 0 Å². The van der Waals surface area contributed by atoms with Gasteiger partial charge in [-0.25, -0.2) is 4.98 Å². The lowest BCUT2D eigenvalue weighted by molar-refractivity contribution is -0.123. The highest BCUT2D eigenvalue weighted by Crippen LogP contribution is 2.18. The maximum atomic E-state index is 11.7. The molecule has 1 aromatic carbocycles. The van der Waals surface area contributed by atoms with E-state index in [1.165, 1.54) is 0 Å². The van der Waals surface area contributed by atoms with Crippen LogP contribution in [-0.4, -0.2) is 29.0 Å². The lowest BCUT2D eigenvalue weighted by Crippen LogP contribution is -2.30. The Hall–Kier alpha value is -2.30. The van der Waals surface area contributed by atoms with Crippen molar-refractivity contribution in [3.05, 3.63) is 47.5 Å². The highest BCUT2D eigenvalue weighted by Gasteiger charge is 2.05. The second-order valence-corrected chi connectivity index (χ2v) is 4.69. The molecule has 0 unspecified atom stereocenters. The van der Waals surface area contributed by atoms with Crippen molar-refractivity contribution in [3.8, 4) is 5.75 Å². The van der Waals surface area contributed by atoms with Crippen LogP contribution in [0.15, 0.2) is 30.6 Å². The fourth-order valence-electron chi connectivity index (χ4n) is 1.81. The van der Waals surface area contributed by atoms with Crippen LogP contribution in [0.2, 0.25) is 0 Å². The highest BCUT2D eigenvalue weighted by molar-refractivity contribution is 5.77. The first-order valence-corrected chi connectivity index (χ1v) is 6.60. The number of aryl methyl sites for hydroxylation is 2. The SMILES string of the molecule is Cc1ccc(C)c(OCC(=O)NCCc2ncc[nH]2)c1. The van der Waals surface area contributed by atoms with Gasteiger partial charge in [0.25, 0.3) is 5.91 Å². The summed E-state index contributed by atoms with van der Waals surface area (Å²) in [6.07, 6.45) is 4.14. The molecule has 0 aliphatic rings. The van der Waals surface area contributed by atoms with Gasteiger partial charge in [0.1, 0.15) is 11.6 Å². The molecule has 2 aromatic rings. The standard InChI is InChI=1S/C15H19N3O2/c1-11-3-4-12(2)13(9-11)20-10-15(19)18-6-5-14-16-7-8-17-14/h3-4,7-9H,5-6,10H2,1-2H3,(H,16,17)(H,18,19). The second-order valence-electron chi connectivity index (χ2n) is 4.69. The number of H-pyrrole nitrogens is 1. The molecule has 0 aliphatic carbocycles. The molecule has 1 heterocycles. The quantitative estimate of drug-likeness (QED) is 0.843. The molecule has 0 atom stereocenters. The molecule has 0 saturated heterocycles.